The molecule has 3 rings (SSSR count). The van der Waals surface area contributed by atoms with Gasteiger partial charge in [-0.3, -0.25) is 10.7 Å². The lowest BCUT2D eigenvalue weighted by molar-refractivity contribution is 0.355. The zero-order valence-electron chi connectivity index (χ0n) is 12.5. The normalized spacial score (nSPS) is 10.6. The fourth-order valence-electron chi connectivity index (χ4n) is 2.14. The SMILES string of the molecule is COc1cc2nccc(Oc3ncc([NH])cc3Cl)c2cc1OC. The largest absolute Gasteiger partial charge is 0.493 e. The number of hydrogen-bond donors (Lipinski definition) is 0. The van der Waals surface area contributed by atoms with Crippen molar-refractivity contribution in [3.05, 3.63) is 41.7 Å². The molecule has 6 nitrogen and oxygen atoms in total. The molecule has 117 valence electrons. The van der Waals surface area contributed by atoms with Crippen LogP contribution >= 0.6 is 11.6 Å². The van der Waals surface area contributed by atoms with E-state index in [9.17, 15) is 0 Å². The number of ether oxygens (including phenoxy) is 3. The maximum atomic E-state index is 7.50. The minimum Gasteiger partial charge on any atom is -0.493 e. The first kappa shape index (κ1) is 15.2. The Morgan fingerprint density at radius 3 is 2.43 bits per heavy atom. The molecule has 3 aromatic rings. The van der Waals surface area contributed by atoms with Crippen LogP contribution in [0.5, 0.6) is 23.1 Å². The molecule has 7 heteroatoms. The molecule has 0 aliphatic heterocycles. The molecular formula is C16H13ClN3O3. The quantitative estimate of drug-likeness (QED) is 0.722. The molecule has 0 unspecified atom stereocenters. The average molecular weight is 331 g/mol. The lowest BCUT2D eigenvalue weighted by Gasteiger charge is -2.12. The third kappa shape index (κ3) is 2.93. The summed E-state index contributed by atoms with van der Waals surface area (Å²) in [5.41, 5.74) is 8.40. The Morgan fingerprint density at radius 2 is 1.74 bits per heavy atom. The molecule has 0 amide bonds. The van der Waals surface area contributed by atoms with Gasteiger partial charge >= 0.3 is 0 Å². The van der Waals surface area contributed by atoms with Crippen LogP contribution in [0.3, 0.4) is 0 Å². The number of fused-ring (bicyclic) bond motifs is 1. The molecule has 0 saturated carbocycles. The first-order valence-electron chi connectivity index (χ1n) is 6.68. The van der Waals surface area contributed by atoms with Crippen molar-refractivity contribution >= 4 is 28.2 Å². The van der Waals surface area contributed by atoms with Crippen molar-refractivity contribution in [2.24, 2.45) is 0 Å². The number of pyridine rings is 2. The van der Waals surface area contributed by atoms with E-state index >= 15 is 0 Å². The predicted molar refractivity (Wildman–Crippen MR) is 86.9 cm³/mol. The average Bonchev–Trinajstić information content (AvgIpc) is 2.56. The van der Waals surface area contributed by atoms with Crippen LogP contribution in [0.4, 0.5) is 5.69 Å². The van der Waals surface area contributed by atoms with Crippen LogP contribution in [0.1, 0.15) is 0 Å². The first-order chi connectivity index (χ1) is 11.1. The van der Waals surface area contributed by atoms with Crippen molar-refractivity contribution in [2.75, 3.05) is 14.2 Å². The molecule has 2 heterocycles. The highest BCUT2D eigenvalue weighted by Gasteiger charge is 2.13. The topological polar surface area (TPSA) is 77.3 Å². The summed E-state index contributed by atoms with van der Waals surface area (Å²) in [7, 11) is 3.13. The van der Waals surface area contributed by atoms with Crippen LogP contribution in [0.2, 0.25) is 5.02 Å². The monoisotopic (exact) mass is 330 g/mol. The van der Waals surface area contributed by atoms with E-state index in [2.05, 4.69) is 9.97 Å². The summed E-state index contributed by atoms with van der Waals surface area (Å²) in [4.78, 5) is 8.34. The van der Waals surface area contributed by atoms with Crippen molar-refractivity contribution in [1.82, 2.24) is 15.7 Å². The van der Waals surface area contributed by atoms with Crippen molar-refractivity contribution in [3.8, 4) is 23.1 Å². The highest BCUT2D eigenvalue weighted by atomic mass is 35.5. The van der Waals surface area contributed by atoms with Crippen molar-refractivity contribution < 1.29 is 14.2 Å². The van der Waals surface area contributed by atoms with Crippen LogP contribution in [-0.4, -0.2) is 24.2 Å². The number of hydrogen-bond acceptors (Lipinski definition) is 5. The molecular weight excluding hydrogens is 318 g/mol. The molecule has 2 aromatic heterocycles. The highest BCUT2D eigenvalue weighted by molar-refractivity contribution is 6.32. The Kier molecular flexibility index (Phi) is 4.08. The Labute approximate surface area is 137 Å². The van der Waals surface area contributed by atoms with E-state index < -0.39 is 0 Å². The van der Waals surface area contributed by atoms with Crippen LogP contribution in [0, 0.1) is 0 Å². The number of methoxy groups -OCH3 is 2. The molecule has 0 aliphatic carbocycles. The molecule has 23 heavy (non-hydrogen) atoms. The standard InChI is InChI=1S/C16H13ClN3O3/c1-21-14-6-10-12(7-15(14)22-2)19-4-3-13(10)23-16-11(17)5-9(18)8-20-16/h3-8,18H,1-2H3. The molecule has 0 saturated heterocycles. The van der Waals surface area contributed by atoms with Gasteiger partial charge in [0.05, 0.1) is 31.6 Å². The summed E-state index contributed by atoms with van der Waals surface area (Å²) in [6.45, 7) is 0. The zero-order chi connectivity index (χ0) is 16.4. The summed E-state index contributed by atoms with van der Waals surface area (Å²) in [5.74, 6) is 1.91. The number of aromatic nitrogens is 2. The minimum atomic E-state index is 0.216. The van der Waals surface area contributed by atoms with E-state index in [1.165, 1.54) is 12.3 Å². The van der Waals surface area contributed by atoms with E-state index in [-0.39, 0.29) is 16.6 Å². The van der Waals surface area contributed by atoms with Crippen molar-refractivity contribution in [3.63, 3.8) is 0 Å². The molecule has 0 spiro atoms. The number of halogens is 1. The second-order valence-corrected chi connectivity index (χ2v) is 5.05. The first-order valence-corrected chi connectivity index (χ1v) is 7.06. The summed E-state index contributed by atoms with van der Waals surface area (Å²) < 4.78 is 16.4. The number of nitrogens with zero attached hydrogens (tertiary/aromatic N) is 2. The maximum absolute atomic E-state index is 7.50. The minimum absolute atomic E-state index is 0.216. The Hall–Kier alpha value is -2.73. The molecule has 0 atom stereocenters. The molecule has 1 N–H and O–H groups in total. The van der Waals surface area contributed by atoms with E-state index in [4.69, 9.17) is 31.5 Å². The van der Waals surface area contributed by atoms with Gasteiger partial charge in [0, 0.05) is 17.6 Å². The molecule has 1 radical (unpaired) electrons. The van der Waals surface area contributed by atoms with E-state index in [0.717, 1.165) is 5.39 Å². The van der Waals surface area contributed by atoms with Crippen LogP contribution in [-0.2, 0) is 0 Å². The van der Waals surface area contributed by atoms with Gasteiger partial charge < -0.3 is 14.2 Å². The predicted octanol–water partition coefficient (Wildman–Crippen LogP) is 4.01. The van der Waals surface area contributed by atoms with Crippen LogP contribution in [0.15, 0.2) is 36.7 Å². The van der Waals surface area contributed by atoms with E-state index in [0.29, 0.717) is 22.8 Å². The van der Waals surface area contributed by atoms with Crippen molar-refractivity contribution in [1.29, 1.82) is 0 Å². The van der Waals surface area contributed by atoms with E-state index in [1.807, 2.05) is 0 Å². The maximum Gasteiger partial charge on any atom is 0.238 e. The zero-order valence-corrected chi connectivity index (χ0v) is 13.2. The summed E-state index contributed by atoms with van der Waals surface area (Å²) >= 11 is 6.07. The van der Waals surface area contributed by atoms with Crippen molar-refractivity contribution in [2.45, 2.75) is 0 Å². The Balaban J connectivity index is 2.10. The lowest BCUT2D eigenvalue weighted by Crippen LogP contribution is -1.94. The fourth-order valence-corrected chi connectivity index (χ4v) is 2.35. The van der Waals surface area contributed by atoms with Gasteiger partial charge in [0.15, 0.2) is 11.5 Å². The fraction of sp³-hybridized carbons (Fsp3) is 0.125. The van der Waals surface area contributed by atoms with E-state index in [1.54, 1.807) is 38.6 Å². The summed E-state index contributed by atoms with van der Waals surface area (Å²) in [6, 6.07) is 6.73. The van der Waals surface area contributed by atoms with Crippen LogP contribution < -0.4 is 19.9 Å². The van der Waals surface area contributed by atoms with Gasteiger partial charge in [0.2, 0.25) is 5.88 Å². The number of rotatable bonds is 4. The van der Waals surface area contributed by atoms with Gasteiger partial charge in [-0.25, -0.2) is 4.98 Å². The summed E-state index contributed by atoms with van der Waals surface area (Å²) in [5, 5.41) is 1.00. The van der Waals surface area contributed by atoms with Crippen LogP contribution in [0.25, 0.3) is 10.9 Å². The van der Waals surface area contributed by atoms with Gasteiger partial charge in [0.25, 0.3) is 0 Å². The number of nitrogens with one attached hydrogen (secondary N) is 1. The number of benzene rings is 1. The molecule has 1 aromatic carbocycles. The third-order valence-electron chi connectivity index (χ3n) is 3.22. The summed E-state index contributed by atoms with van der Waals surface area (Å²) in [6.07, 6.45) is 2.99. The van der Waals surface area contributed by atoms with Gasteiger partial charge in [-0.05, 0) is 18.2 Å². The molecule has 0 fully saturated rings. The third-order valence-corrected chi connectivity index (χ3v) is 3.49. The smallest absolute Gasteiger partial charge is 0.238 e. The van der Waals surface area contributed by atoms with Gasteiger partial charge in [-0.1, -0.05) is 11.6 Å². The second-order valence-electron chi connectivity index (χ2n) is 4.65. The van der Waals surface area contributed by atoms with Gasteiger partial charge in [-0.15, -0.1) is 0 Å². The highest BCUT2D eigenvalue weighted by Crippen LogP contribution is 2.37. The Bertz CT molecular complexity index is 871. The molecule has 0 bridgehead atoms. The van der Waals surface area contributed by atoms with Gasteiger partial charge in [-0.2, -0.15) is 0 Å². The van der Waals surface area contributed by atoms with Gasteiger partial charge in [0.1, 0.15) is 10.8 Å². The Morgan fingerprint density at radius 1 is 1.00 bits per heavy atom. The second kappa shape index (κ2) is 6.18. The molecule has 0 aliphatic rings. The lowest BCUT2D eigenvalue weighted by atomic mass is 10.2.